The van der Waals surface area contributed by atoms with Gasteiger partial charge in [-0.25, -0.2) is 9.59 Å². The highest BCUT2D eigenvalue weighted by Gasteiger charge is 2.07. The minimum atomic E-state index is -0.365. The van der Waals surface area contributed by atoms with E-state index < -0.39 is 0 Å². The number of nitrogens with one attached hydrogen (secondary N) is 1. The number of benzene rings is 2. The molecule has 0 aliphatic heterocycles. The molecular formula is C34H51NO11. The number of anilines is 1. The summed E-state index contributed by atoms with van der Waals surface area (Å²) in [6, 6.07) is 16.1. The van der Waals surface area contributed by atoms with Gasteiger partial charge in [-0.3, -0.25) is 0 Å². The van der Waals surface area contributed by atoms with Crippen molar-refractivity contribution in [3.05, 3.63) is 65.7 Å². The average Bonchev–Trinajstić information content (AvgIpc) is 3.08. The van der Waals surface area contributed by atoms with Gasteiger partial charge in [-0.1, -0.05) is 31.5 Å². The molecule has 0 radical (unpaired) electrons. The van der Waals surface area contributed by atoms with Gasteiger partial charge in [0.15, 0.2) is 0 Å². The Bertz CT molecular complexity index is 1010. The van der Waals surface area contributed by atoms with Crippen LogP contribution in [-0.4, -0.2) is 124 Å². The molecule has 0 amide bonds. The summed E-state index contributed by atoms with van der Waals surface area (Å²) in [6.45, 7) is 9.49. The molecule has 0 bridgehead atoms. The summed E-state index contributed by atoms with van der Waals surface area (Å²) in [7, 11) is 0. The van der Waals surface area contributed by atoms with Crippen LogP contribution in [0.1, 0.15) is 40.5 Å². The molecule has 258 valence electrons. The van der Waals surface area contributed by atoms with E-state index >= 15 is 0 Å². The van der Waals surface area contributed by atoms with Gasteiger partial charge in [0.2, 0.25) is 0 Å². The van der Waals surface area contributed by atoms with Crippen molar-refractivity contribution in [1.29, 1.82) is 0 Å². The van der Waals surface area contributed by atoms with E-state index in [1.807, 2.05) is 18.2 Å². The standard InChI is InChI=1S/C34H51NO11/c1-2-3-13-35-32-11-9-31(10-12-32)34(37)46-29-27-44-25-23-42-21-19-40-17-15-38-14-16-39-18-20-41-22-24-43-26-28-45-33(36)30-7-5-4-6-8-30/h4-12,35H,2-3,13-29H2,1H3. The van der Waals surface area contributed by atoms with E-state index in [-0.39, 0.29) is 25.2 Å². The van der Waals surface area contributed by atoms with Crippen LogP contribution in [0.2, 0.25) is 0 Å². The van der Waals surface area contributed by atoms with Crippen molar-refractivity contribution >= 4 is 17.6 Å². The number of hydrogen-bond donors (Lipinski definition) is 1. The van der Waals surface area contributed by atoms with Crippen molar-refractivity contribution in [2.24, 2.45) is 0 Å². The number of carbonyl (C=O) groups excluding carboxylic acids is 2. The van der Waals surface area contributed by atoms with Crippen molar-refractivity contribution in [1.82, 2.24) is 0 Å². The largest absolute Gasteiger partial charge is 0.460 e. The minimum absolute atomic E-state index is 0.186. The molecule has 12 nitrogen and oxygen atoms in total. The summed E-state index contributed by atoms with van der Waals surface area (Å²) in [5.41, 5.74) is 2.03. The molecule has 12 heteroatoms. The van der Waals surface area contributed by atoms with Gasteiger partial charge in [0.05, 0.1) is 104 Å². The van der Waals surface area contributed by atoms with Crippen molar-refractivity contribution < 1.29 is 52.2 Å². The van der Waals surface area contributed by atoms with Crippen LogP contribution in [0.15, 0.2) is 54.6 Å². The second kappa shape index (κ2) is 28.1. The van der Waals surface area contributed by atoms with Gasteiger partial charge in [0.25, 0.3) is 0 Å². The molecule has 0 aromatic heterocycles. The minimum Gasteiger partial charge on any atom is -0.460 e. The molecule has 0 fully saturated rings. The van der Waals surface area contributed by atoms with Crippen LogP contribution in [-0.2, 0) is 42.6 Å². The molecule has 0 heterocycles. The van der Waals surface area contributed by atoms with Crippen LogP contribution in [0.25, 0.3) is 0 Å². The van der Waals surface area contributed by atoms with E-state index in [1.165, 1.54) is 0 Å². The van der Waals surface area contributed by atoms with Gasteiger partial charge in [-0.15, -0.1) is 0 Å². The number of rotatable bonds is 30. The first-order chi connectivity index (χ1) is 22.7. The maximum atomic E-state index is 12.1. The van der Waals surface area contributed by atoms with E-state index in [1.54, 1.807) is 36.4 Å². The Hall–Kier alpha value is -3.10. The molecule has 0 saturated carbocycles. The number of hydrogen-bond acceptors (Lipinski definition) is 12. The van der Waals surface area contributed by atoms with Crippen LogP contribution in [0, 0.1) is 0 Å². The third-order valence-electron chi connectivity index (χ3n) is 6.14. The molecule has 2 rings (SSSR count). The summed E-state index contributed by atoms with van der Waals surface area (Å²) >= 11 is 0. The topological polar surface area (TPSA) is 129 Å². The summed E-state index contributed by atoms with van der Waals surface area (Å²) in [6.07, 6.45) is 2.24. The first kappa shape index (κ1) is 39.1. The van der Waals surface area contributed by atoms with Crippen LogP contribution < -0.4 is 5.32 Å². The van der Waals surface area contributed by atoms with E-state index in [0.717, 1.165) is 25.1 Å². The highest BCUT2D eigenvalue weighted by molar-refractivity contribution is 5.90. The SMILES string of the molecule is CCCCNc1ccc(C(=O)OCCOCCOCCOCCOCCOCCOCCOCCOC(=O)c2ccccc2)cc1. The fourth-order valence-corrected chi connectivity index (χ4v) is 3.68. The van der Waals surface area contributed by atoms with E-state index in [9.17, 15) is 9.59 Å². The third-order valence-corrected chi connectivity index (χ3v) is 6.14. The lowest BCUT2D eigenvalue weighted by atomic mass is 10.2. The Kier molecular flexibility index (Phi) is 23.9. The van der Waals surface area contributed by atoms with Crippen LogP contribution in [0.3, 0.4) is 0 Å². The van der Waals surface area contributed by atoms with Crippen molar-refractivity contribution in [3.8, 4) is 0 Å². The van der Waals surface area contributed by atoms with Gasteiger partial charge in [0.1, 0.15) is 13.2 Å². The highest BCUT2D eigenvalue weighted by Crippen LogP contribution is 2.11. The van der Waals surface area contributed by atoms with Gasteiger partial charge in [0, 0.05) is 12.2 Å². The third kappa shape index (κ3) is 20.8. The molecule has 0 aliphatic carbocycles. The lowest BCUT2D eigenvalue weighted by Gasteiger charge is -2.09. The first-order valence-corrected chi connectivity index (χ1v) is 16.0. The van der Waals surface area contributed by atoms with Crippen LogP contribution in [0.5, 0.6) is 0 Å². The normalized spacial score (nSPS) is 11.0. The molecule has 0 aliphatic rings. The number of ether oxygens (including phenoxy) is 9. The Morgan fingerprint density at radius 1 is 0.478 bits per heavy atom. The Morgan fingerprint density at radius 2 is 0.826 bits per heavy atom. The zero-order valence-corrected chi connectivity index (χ0v) is 27.1. The summed E-state index contributed by atoms with van der Waals surface area (Å²) in [5.74, 6) is -0.725. The predicted molar refractivity (Wildman–Crippen MR) is 173 cm³/mol. The summed E-state index contributed by atoms with van der Waals surface area (Å²) in [5, 5.41) is 3.31. The second-order valence-electron chi connectivity index (χ2n) is 9.78. The molecule has 0 saturated heterocycles. The van der Waals surface area contributed by atoms with Crippen molar-refractivity contribution in [2.75, 3.05) is 118 Å². The monoisotopic (exact) mass is 649 g/mol. The number of unbranched alkanes of at least 4 members (excludes halogenated alkanes) is 1. The molecule has 2 aromatic carbocycles. The van der Waals surface area contributed by atoms with Crippen molar-refractivity contribution in [3.63, 3.8) is 0 Å². The molecule has 1 N–H and O–H groups in total. The lowest BCUT2D eigenvalue weighted by Crippen LogP contribution is -2.15. The van der Waals surface area contributed by atoms with Gasteiger partial charge in [-0.05, 0) is 42.8 Å². The molecule has 46 heavy (non-hydrogen) atoms. The maximum absolute atomic E-state index is 12.1. The molecule has 0 unspecified atom stereocenters. The van der Waals surface area contributed by atoms with E-state index in [0.29, 0.717) is 104 Å². The van der Waals surface area contributed by atoms with E-state index in [2.05, 4.69) is 12.2 Å². The fraction of sp³-hybridized carbons (Fsp3) is 0.588. The Balaban J connectivity index is 1.23. The number of carbonyl (C=O) groups is 2. The van der Waals surface area contributed by atoms with Crippen LogP contribution in [0.4, 0.5) is 5.69 Å². The molecule has 0 atom stereocenters. The predicted octanol–water partition coefficient (Wildman–Crippen LogP) is 4.03. The summed E-state index contributed by atoms with van der Waals surface area (Å²) < 4.78 is 48.5. The van der Waals surface area contributed by atoms with Crippen LogP contribution >= 0.6 is 0 Å². The zero-order valence-electron chi connectivity index (χ0n) is 27.1. The number of esters is 2. The van der Waals surface area contributed by atoms with Gasteiger partial charge >= 0.3 is 11.9 Å². The fourth-order valence-electron chi connectivity index (χ4n) is 3.68. The van der Waals surface area contributed by atoms with Crippen molar-refractivity contribution in [2.45, 2.75) is 19.8 Å². The lowest BCUT2D eigenvalue weighted by molar-refractivity contribution is -0.0236. The highest BCUT2D eigenvalue weighted by atomic mass is 16.6. The molecule has 2 aromatic rings. The average molecular weight is 650 g/mol. The molecule has 0 spiro atoms. The van der Waals surface area contributed by atoms with Gasteiger partial charge < -0.3 is 47.9 Å². The van der Waals surface area contributed by atoms with Gasteiger partial charge in [-0.2, -0.15) is 0 Å². The summed E-state index contributed by atoms with van der Waals surface area (Å²) in [4.78, 5) is 23.9. The quantitative estimate of drug-likeness (QED) is 0.0969. The smallest absolute Gasteiger partial charge is 0.338 e. The van der Waals surface area contributed by atoms with E-state index in [4.69, 9.17) is 42.6 Å². The second-order valence-corrected chi connectivity index (χ2v) is 9.78. The maximum Gasteiger partial charge on any atom is 0.338 e. The Morgan fingerprint density at radius 3 is 1.20 bits per heavy atom. The Labute approximate surface area is 272 Å². The molecular weight excluding hydrogens is 598 g/mol. The zero-order chi connectivity index (χ0) is 32.8. The first-order valence-electron chi connectivity index (χ1n) is 16.0.